The van der Waals surface area contributed by atoms with Crippen molar-refractivity contribution in [1.29, 1.82) is 10.8 Å². The van der Waals surface area contributed by atoms with Crippen molar-refractivity contribution in [1.82, 2.24) is 0 Å². The highest BCUT2D eigenvalue weighted by molar-refractivity contribution is 6.09. The van der Waals surface area contributed by atoms with Crippen LogP contribution in [-0.4, -0.2) is 36.5 Å². The van der Waals surface area contributed by atoms with Gasteiger partial charge in [0, 0.05) is 12.1 Å². The highest BCUT2D eigenvalue weighted by Crippen LogP contribution is 2.51. The Bertz CT molecular complexity index is 553. The second-order valence-electron chi connectivity index (χ2n) is 4.15. The molecule has 8 nitrogen and oxygen atoms in total. The minimum atomic E-state index is -1.38. The number of nitro benzene ring substituents is 1. The quantitative estimate of drug-likeness (QED) is 0.285. The molecule has 1 aliphatic heterocycles. The van der Waals surface area contributed by atoms with Crippen LogP contribution in [0.2, 0.25) is 0 Å². The van der Waals surface area contributed by atoms with Crippen molar-refractivity contribution >= 4 is 17.5 Å². The monoisotopic (exact) mass is 279 g/mol. The Hall–Kier alpha value is -2.48. The van der Waals surface area contributed by atoms with Gasteiger partial charge < -0.3 is 14.2 Å². The molecule has 0 aliphatic carbocycles. The van der Waals surface area contributed by atoms with E-state index in [9.17, 15) is 10.1 Å². The second-order valence-corrected chi connectivity index (χ2v) is 4.15. The van der Waals surface area contributed by atoms with E-state index in [4.69, 9.17) is 25.0 Å². The number of rotatable bonds is 4. The van der Waals surface area contributed by atoms with Crippen LogP contribution < -0.4 is 0 Å². The summed E-state index contributed by atoms with van der Waals surface area (Å²) in [6.45, 7) is 0. The van der Waals surface area contributed by atoms with E-state index in [1.807, 2.05) is 0 Å². The molecule has 1 aliphatic rings. The van der Waals surface area contributed by atoms with Crippen molar-refractivity contribution in [2.24, 2.45) is 0 Å². The number of nitrogens with one attached hydrogen (secondary N) is 2. The minimum Gasteiger partial charge on any atom is -0.482 e. The van der Waals surface area contributed by atoms with Crippen molar-refractivity contribution in [2.45, 2.75) is 11.7 Å². The third-order valence-electron chi connectivity index (χ3n) is 3.11. The predicted octanol–water partition coefficient (Wildman–Crippen LogP) is 1.65. The molecule has 0 radical (unpaired) electrons. The lowest BCUT2D eigenvalue weighted by Crippen LogP contribution is -2.36. The molecule has 0 aromatic heterocycles. The number of non-ortho nitro benzene ring substituents is 1. The first-order valence-corrected chi connectivity index (χ1v) is 5.65. The molecule has 2 N–H and O–H groups in total. The van der Waals surface area contributed by atoms with Gasteiger partial charge in [-0.2, -0.15) is 0 Å². The van der Waals surface area contributed by atoms with E-state index >= 15 is 0 Å². The van der Waals surface area contributed by atoms with Crippen molar-refractivity contribution in [3.05, 3.63) is 39.9 Å². The summed E-state index contributed by atoms with van der Waals surface area (Å²) in [7, 11) is 2.61. The smallest absolute Gasteiger partial charge is 0.269 e. The molecule has 1 fully saturated rings. The third-order valence-corrected chi connectivity index (χ3v) is 3.11. The van der Waals surface area contributed by atoms with Gasteiger partial charge in [-0.15, -0.1) is 0 Å². The first-order valence-electron chi connectivity index (χ1n) is 5.65. The largest absolute Gasteiger partial charge is 0.482 e. The predicted molar refractivity (Wildman–Crippen MR) is 69.1 cm³/mol. The SMILES string of the molecule is COC(=N)C1(C(=N)OC)O[C@@H]1c1ccc([N+](=O)[O-])cc1. The summed E-state index contributed by atoms with van der Waals surface area (Å²) in [6, 6.07) is 5.73. The number of hydrogen-bond donors (Lipinski definition) is 2. The molecule has 0 saturated carbocycles. The van der Waals surface area contributed by atoms with Crippen LogP contribution in [0, 0.1) is 20.9 Å². The molecule has 0 bridgehead atoms. The van der Waals surface area contributed by atoms with E-state index in [0.717, 1.165) is 0 Å². The first-order chi connectivity index (χ1) is 9.47. The van der Waals surface area contributed by atoms with Gasteiger partial charge in [0.25, 0.3) is 5.69 Å². The number of ether oxygens (including phenoxy) is 3. The van der Waals surface area contributed by atoms with E-state index in [-0.39, 0.29) is 17.5 Å². The van der Waals surface area contributed by atoms with E-state index in [0.29, 0.717) is 5.56 Å². The Balaban J connectivity index is 2.28. The number of epoxide rings is 1. The maximum atomic E-state index is 10.6. The van der Waals surface area contributed by atoms with E-state index in [1.165, 1.54) is 38.5 Å². The molecule has 1 aromatic rings. The lowest BCUT2D eigenvalue weighted by Gasteiger charge is -2.13. The Morgan fingerprint density at radius 3 is 2.15 bits per heavy atom. The molecule has 0 amide bonds. The fourth-order valence-corrected chi connectivity index (χ4v) is 1.98. The molecule has 2 rings (SSSR count). The van der Waals surface area contributed by atoms with Gasteiger partial charge >= 0.3 is 0 Å². The molecule has 1 atom stereocenters. The number of nitrogens with zero attached hydrogens (tertiary/aromatic N) is 1. The van der Waals surface area contributed by atoms with Crippen molar-refractivity contribution in [3.63, 3.8) is 0 Å². The Morgan fingerprint density at radius 1 is 1.25 bits per heavy atom. The van der Waals surface area contributed by atoms with Crippen LogP contribution >= 0.6 is 0 Å². The molecule has 1 heterocycles. The van der Waals surface area contributed by atoms with E-state index in [2.05, 4.69) is 0 Å². The zero-order valence-corrected chi connectivity index (χ0v) is 10.9. The van der Waals surface area contributed by atoms with Crippen LogP contribution in [0.15, 0.2) is 24.3 Å². The van der Waals surface area contributed by atoms with Gasteiger partial charge in [-0.1, -0.05) is 0 Å². The first kappa shape index (κ1) is 13.9. The van der Waals surface area contributed by atoms with Gasteiger partial charge in [-0.3, -0.25) is 20.9 Å². The Kier molecular flexibility index (Phi) is 3.41. The molecule has 106 valence electrons. The van der Waals surface area contributed by atoms with Gasteiger partial charge in [-0.25, -0.2) is 0 Å². The summed E-state index contributed by atoms with van der Waals surface area (Å²) in [5, 5.41) is 26.1. The zero-order chi connectivity index (χ0) is 14.9. The van der Waals surface area contributed by atoms with E-state index < -0.39 is 16.6 Å². The molecule has 8 heteroatoms. The fourth-order valence-electron chi connectivity index (χ4n) is 1.98. The van der Waals surface area contributed by atoms with Crippen LogP contribution in [0.1, 0.15) is 11.7 Å². The summed E-state index contributed by atoms with van der Waals surface area (Å²) in [6.07, 6.45) is -0.622. The van der Waals surface area contributed by atoms with Crippen molar-refractivity contribution < 1.29 is 19.1 Å². The van der Waals surface area contributed by atoms with Crippen molar-refractivity contribution in [2.75, 3.05) is 14.2 Å². The molecule has 0 unspecified atom stereocenters. The lowest BCUT2D eigenvalue weighted by atomic mass is 9.98. The highest BCUT2D eigenvalue weighted by atomic mass is 16.7. The topological polar surface area (TPSA) is 122 Å². The molecule has 1 aromatic carbocycles. The van der Waals surface area contributed by atoms with Crippen LogP contribution in [0.3, 0.4) is 0 Å². The minimum absolute atomic E-state index is 0.0383. The average molecular weight is 279 g/mol. The van der Waals surface area contributed by atoms with Gasteiger partial charge in [0.2, 0.25) is 17.4 Å². The number of methoxy groups -OCH3 is 2. The number of hydrogen-bond acceptors (Lipinski definition) is 7. The van der Waals surface area contributed by atoms with Crippen molar-refractivity contribution in [3.8, 4) is 0 Å². The van der Waals surface area contributed by atoms with Gasteiger partial charge in [0.05, 0.1) is 19.1 Å². The third kappa shape index (κ3) is 1.99. The molecular weight excluding hydrogens is 266 g/mol. The van der Waals surface area contributed by atoms with Crippen LogP contribution in [0.4, 0.5) is 5.69 Å². The summed E-state index contributed by atoms with van der Waals surface area (Å²) in [5.74, 6) is -0.486. The second kappa shape index (κ2) is 4.89. The standard InChI is InChI=1S/C12H13N3O5/c1-18-10(13)12(11(14)19-2)9(20-12)7-3-5-8(6-4-7)15(16)17/h3-6,9,13-14H,1-2H3/t9-,12?/m1/s1. The summed E-state index contributed by atoms with van der Waals surface area (Å²) in [4.78, 5) is 10.1. The molecule has 1 saturated heterocycles. The summed E-state index contributed by atoms with van der Waals surface area (Å²) >= 11 is 0. The van der Waals surface area contributed by atoms with E-state index in [1.54, 1.807) is 0 Å². The maximum absolute atomic E-state index is 10.6. The Morgan fingerprint density at radius 2 is 1.75 bits per heavy atom. The van der Waals surface area contributed by atoms with Crippen LogP contribution in [0.25, 0.3) is 0 Å². The molecular formula is C12H13N3O5. The summed E-state index contributed by atoms with van der Waals surface area (Å²) in [5.41, 5.74) is -0.803. The number of benzene rings is 1. The normalized spacial score (nSPS) is 23.8. The Labute approximate surface area is 114 Å². The average Bonchev–Trinajstić information content (AvgIpc) is 3.22. The highest BCUT2D eigenvalue weighted by Gasteiger charge is 2.67. The van der Waals surface area contributed by atoms with Crippen LogP contribution in [-0.2, 0) is 14.2 Å². The van der Waals surface area contributed by atoms with Crippen LogP contribution in [0.5, 0.6) is 0 Å². The lowest BCUT2D eigenvalue weighted by molar-refractivity contribution is -0.384. The molecule has 0 spiro atoms. The maximum Gasteiger partial charge on any atom is 0.269 e. The van der Waals surface area contributed by atoms with Gasteiger partial charge in [0.15, 0.2) is 0 Å². The van der Waals surface area contributed by atoms with Gasteiger partial charge in [-0.05, 0) is 17.7 Å². The summed E-state index contributed by atoms with van der Waals surface area (Å²) < 4.78 is 15.1. The van der Waals surface area contributed by atoms with Gasteiger partial charge in [0.1, 0.15) is 6.10 Å². The number of nitro groups is 1. The molecule has 20 heavy (non-hydrogen) atoms. The fraction of sp³-hybridized carbons (Fsp3) is 0.333. The zero-order valence-electron chi connectivity index (χ0n) is 10.9.